The summed E-state index contributed by atoms with van der Waals surface area (Å²) in [5.74, 6) is 1.87. The quantitative estimate of drug-likeness (QED) is 0.918. The molecule has 0 saturated carbocycles. The lowest BCUT2D eigenvalue weighted by molar-refractivity contribution is 0.0868. The molecular formula is C18H27ClN2O. The SMILES string of the molecule is Cc1cc(Cl)ccc1OC1CCN(CC2CCNCC2)CC1. The van der Waals surface area contributed by atoms with Gasteiger partial charge < -0.3 is 15.0 Å². The highest BCUT2D eigenvalue weighted by Crippen LogP contribution is 2.26. The van der Waals surface area contributed by atoms with Crippen molar-refractivity contribution in [3.8, 4) is 5.75 Å². The first-order chi connectivity index (χ1) is 10.7. The van der Waals surface area contributed by atoms with Gasteiger partial charge in [0.05, 0.1) is 0 Å². The van der Waals surface area contributed by atoms with Crippen LogP contribution in [0.3, 0.4) is 0 Å². The molecule has 2 fully saturated rings. The van der Waals surface area contributed by atoms with Crippen molar-refractivity contribution in [2.75, 3.05) is 32.7 Å². The summed E-state index contributed by atoms with van der Waals surface area (Å²) >= 11 is 6.00. The van der Waals surface area contributed by atoms with Crippen LogP contribution in [0.2, 0.25) is 5.02 Å². The van der Waals surface area contributed by atoms with Crippen LogP contribution < -0.4 is 10.1 Å². The number of benzene rings is 1. The summed E-state index contributed by atoms with van der Waals surface area (Å²) in [6, 6.07) is 5.89. The molecule has 0 bridgehead atoms. The minimum absolute atomic E-state index is 0.351. The highest BCUT2D eigenvalue weighted by atomic mass is 35.5. The Morgan fingerprint density at radius 3 is 2.59 bits per heavy atom. The zero-order valence-electron chi connectivity index (χ0n) is 13.5. The van der Waals surface area contributed by atoms with E-state index in [9.17, 15) is 0 Å². The molecular weight excluding hydrogens is 296 g/mol. The average molecular weight is 323 g/mol. The molecule has 0 radical (unpaired) electrons. The number of hydrogen-bond acceptors (Lipinski definition) is 3. The third kappa shape index (κ3) is 4.37. The summed E-state index contributed by atoms with van der Waals surface area (Å²) in [5, 5.41) is 4.23. The molecule has 1 N–H and O–H groups in total. The topological polar surface area (TPSA) is 24.5 Å². The monoisotopic (exact) mass is 322 g/mol. The fraction of sp³-hybridized carbons (Fsp3) is 0.667. The van der Waals surface area contributed by atoms with Crippen LogP contribution >= 0.6 is 11.6 Å². The van der Waals surface area contributed by atoms with Crippen LogP contribution in [0.5, 0.6) is 5.75 Å². The molecule has 3 nitrogen and oxygen atoms in total. The fourth-order valence-corrected chi connectivity index (χ4v) is 3.79. The largest absolute Gasteiger partial charge is 0.490 e. The molecule has 0 amide bonds. The van der Waals surface area contributed by atoms with Crippen molar-refractivity contribution in [2.45, 2.75) is 38.7 Å². The van der Waals surface area contributed by atoms with E-state index in [2.05, 4.69) is 17.1 Å². The third-order valence-electron chi connectivity index (χ3n) is 4.94. The van der Waals surface area contributed by atoms with E-state index >= 15 is 0 Å². The van der Waals surface area contributed by atoms with Crippen LogP contribution in [-0.4, -0.2) is 43.7 Å². The van der Waals surface area contributed by atoms with Gasteiger partial charge in [-0.15, -0.1) is 0 Å². The zero-order valence-corrected chi connectivity index (χ0v) is 14.2. The Balaban J connectivity index is 1.45. The molecule has 0 atom stereocenters. The van der Waals surface area contributed by atoms with Crippen LogP contribution in [0.4, 0.5) is 0 Å². The minimum Gasteiger partial charge on any atom is -0.490 e. The van der Waals surface area contributed by atoms with Crippen LogP contribution in [0.15, 0.2) is 18.2 Å². The smallest absolute Gasteiger partial charge is 0.122 e. The standard InChI is InChI=1S/C18H27ClN2O/c1-14-12-16(19)2-3-18(14)22-17-6-10-21(11-7-17)13-15-4-8-20-9-5-15/h2-3,12,15,17,20H,4-11,13H2,1H3. The number of nitrogens with zero attached hydrogens (tertiary/aromatic N) is 1. The molecule has 2 aliphatic rings. The van der Waals surface area contributed by atoms with Crippen LogP contribution in [-0.2, 0) is 0 Å². The maximum absolute atomic E-state index is 6.18. The molecule has 2 heterocycles. The Bertz CT molecular complexity index is 480. The van der Waals surface area contributed by atoms with Gasteiger partial charge in [0.1, 0.15) is 11.9 Å². The van der Waals surface area contributed by atoms with Gasteiger partial charge in [-0.2, -0.15) is 0 Å². The van der Waals surface area contributed by atoms with Crippen LogP contribution in [0, 0.1) is 12.8 Å². The van der Waals surface area contributed by atoms with E-state index in [-0.39, 0.29) is 0 Å². The summed E-state index contributed by atoms with van der Waals surface area (Å²) in [5.41, 5.74) is 1.13. The first kappa shape index (κ1) is 16.1. The highest BCUT2D eigenvalue weighted by Gasteiger charge is 2.23. The average Bonchev–Trinajstić information content (AvgIpc) is 2.53. The molecule has 2 saturated heterocycles. The lowest BCUT2D eigenvalue weighted by Gasteiger charge is -2.35. The second-order valence-electron chi connectivity index (χ2n) is 6.72. The molecule has 3 rings (SSSR count). The third-order valence-corrected chi connectivity index (χ3v) is 5.18. The number of rotatable bonds is 4. The summed E-state index contributed by atoms with van der Waals surface area (Å²) < 4.78 is 6.18. The Morgan fingerprint density at radius 1 is 1.18 bits per heavy atom. The van der Waals surface area contributed by atoms with Gasteiger partial charge in [-0.3, -0.25) is 0 Å². The molecule has 1 aromatic carbocycles. The minimum atomic E-state index is 0.351. The molecule has 22 heavy (non-hydrogen) atoms. The second kappa shape index (κ2) is 7.67. The second-order valence-corrected chi connectivity index (χ2v) is 7.16. The number of hydrogen-bond donors (Lipinski definition) is 1. The molecule has 4 heteroatoms. The Hall–Kier alpha value is -0.770. The first-order valence-electron chi connectivity index (χ1n) is 8.56. The van der Waals surface area contributed by atoms with Crippen molar-refractivity contribution < 1.29 is 4.74 Å². The van der Waals surface area contributed by atoms with Crippen molar-refractivity contribution >= 4 is 11.6 Å². The lowest BCUT2D eigenvalue weighted by atomic mass is 9.96. The Labute approximate surface area is 139 Å². The van der Waals surface area contributed by atoms with Crippen molar-refractivity contribution in [1.82, 2.24) is 10.2 Å². The molecule has 122 valence electrons. The van der Waals surface area contributed by atoms with Crippen molar-refractivity contribution in [3.63, 3.8) is 0 Å². The zero-order chi connectivity index (χ0) is 15.4. The number of ether oxygens (including phenoxy) is 1. The van der Waals surface area contributed by atoms with Gasteiger partial charge in [-0.25, -0.2) is 0 Å². The fourth-order valence-electron chi connectivity index (χ4n) is 3.56. The van der Waals surface area contributed by atoms with E-state index in [0.717, 1.165) is 35.1 Å². The predicted molar refractivity (Wildman–Crippen MR) is 91.9 cm³/mol. The maximum Gasteiger partial charge on any atom is 0.122 e. The van der Waals surface area contributed by atoms with E-state index in [1.54, 1.807) is 0 Å². The number of likely N-dealkylation sites (tertiary alicyclic amines) is 1. The number of piperidine rings is 2. The number of aryl methyl sites for hydroxylation is 1. The molecule has 2 aliphatic heterocycles. The predicted octanol–water partition coefficient (Wildman–Crippen LogP) is 3.49. The Morgan fingerprint density at radius 2 is 1.91 bits per heavy atom. The molecule has 0 aliphatic carbocycles. The first-order valence-corrected chi connectivity index (χ1v) is 8.94. The van der Waals surface area contributed by atoms with E-state index < -0.39 is 0 Å². The van der Waals surface area contributed by atoms with Crippen molar-refractivity contribution in [3.05, 3.63) is 28.8 Å². The summed E-state index contributed by atoms with van der Waals surface area (Å²) in [6.07, 6.45) is 5.28. The van der Waals surface area contributed by atoms with Gasteiger partial charge in [0.25, 0.3) is 0 Å². The molecule has 0 aromatic heterocycles. The summed E-state index contributed by atoms with van der Waals surface area (Å²) in [7, 11) is 0. The van der Waals surface area contributed by atoms with Crippen LogP contribution in [0.1, 0.15) is 31.2 Å². The van der Waals surface area contributed by atoms with Gasteiger partial charge in [0, 0.05) is 24.7 Å². The van der Waals surface area contributed by atoms with Gasteiger partial charge in [0.2, 0.25) is 0 Å². The van der Waals surface area contributed by atoms with E-state index in [4.69, 9.17) is 16.3 Å². The van der Waals surface area contributed by atoms with Crippen molar-refractivity contribution in [2.24, 2.45) is 5.92 Å². The molecule has 0 spiro atoms. The number of nitrogens with one attached hydrogen (secondary N) is 1. The van der Waals surface area contributed by atoms with Crippen LogP contribution in [0.25, 0.3) is 0 Å². The maximum atomic E-state index is 6.18. The molecule has 0 unspecified atom stereocenters. The number of halogens is 1. The van der Waals surface area contributed by atoms with E-state index in [1.165, 1.54) is 45.6 Å². The summed E-state index contributed by atoms with van der Waals surface area (Å²) in [4.78, 5) is 2.63. The van der Waals surface area contributed by atoms with Gasteiger partial charge in [-0.05, 0) is 75.4 Å². The normalized spacial score (nSPS) is 21.9. The van der Waals surface area contributed by atoms with E-state index in [1.807, 2.05) is 18.2 Å². The highest BCUT2D eigenvalue weighted by molar-refractivity contribution is 6.30. The van der Waals surface area contributed by atoms with E-state index in [0.29, 0.717) is 6.10 Å². The van der Waals surface area contributed by atoms with Gasteiger partial charge in [-0.1, -0.05) is 11.6 Å². The van der Waals surface area contributed by atoms with Gasteiger partial charge in [0.15, 0.2) is 0 Å². The summed E-state index contributed by atoms with van der Waals surface area (Å²) in [6.45, 7) is 8.06. The van der Waals surface area contributed by atoms with Gasteiger partial charge >= 0.3 is 0 Å². The lowest BCUT2D eigenvalue weighted by Crippen LogP contribution is -2.42. The van der Waals surface area contributed by atoms with Crippen molar-refractivity contribution in [1.29, 1.82) is 0 Å². The molecule has 1 aromatic rings. The Kier molecular flexibility index (Phi) is 5.61.